The maximum Gasteiger partial charge on any atom is 0.224 e. The minimum absolute atomic E-state index is 0.680. The van der Waals surface area contributed by atoms with Crippen molar-refractivity contribution in [3.8, 4) is 11.4 Å². The summed E-state index contributed by atoms with van der Waals surface area (Å²) in [4.78, 5) is 14.0. The van der Waals surface area contributed by atoms with Crippen LogP contribution in [-0.4, -0.2) is 26.1 Å². The lowest BCUT2D eigenvalue weighted by Crippen LogP contribution is -2.15. The highest BCUT2D eigenvalue weighted by atomic mass is 15.2. The van der Waals surface area contributed by atoms with Crippen LogP contribution in [0, 0.1) is 5.92 Å². The molecule has 0 spiro atoms. The average Bonchev–Trinajstić information content (AvgIpc) is 3.18. The molecular weight excluding hydrogens is 310 g/mol. The van der Waals surface area contributed by atoms with E-state index in [-0.39, 0.29) is 0 Å². The Morgan fingerprint density at radius 3 is 2.92 bits per heavy atom. The number of fused-ring (bicyclic) bond motifs is 5. The zero-order valence-electron chi connectivity index (χ0n) is 15.0. The smallest absolute Gasteiger partial charge is 0.224 e. The Labute approximate surface area is 148 Å². The number of benzene rings is 1. The van der Waals surface area contributed by atoms with Crippen molar-refractivity contribution in [1.82, 2.24) is 19.5 Å². The van der Waals surface area contributed by atoms with Gasteiger partial charge in [0.25, 0.3) is 0 Å². The summed E-state index contributed by atoms with van der Waals surface area (Å²) in [6, 6.07) is 8.44. The second-order valence-electron chi connectivity index (χ2n) is 6.88. The first-order valence-corrected chi connectivity index (χ1v) is 9.35. The molecule has 3 aromatic rings. The van der Waals surface area contributed by atoms with Gasteiger partial charge in [-0.25, -0.2) is 9.97 Å². The second-order valence-corrected chi connectivity index (χ2v) is 6.88. The average molecular weight is 335 g/mol. The molecule has 0 fully saturated rings. The molecule has 4 rings (SSSR count). The molecule has 5 heteroatoms. The van der Waals surface area contributed by atoms with Crippen LogP contribution in [0.1, 0.15) is 45.1 Å². The fourth-order valence-electron chi connectivity index (χ4n) is 3.58. The predicted molar refractivity (Wildman–Crippen MR) is 102 cm³/mol. The van der Waals surface area contributed by atoms with Gasteiger partial charge in [-0.15, -0.1) is 0 Å². The van der Waals surface area contributed by atoms with Crippen molar-refractivity contribution in [3.63, 3.8) is 0 Å². The molecule has 0 saturated heterocycles. The fraction of sp³-hybridized carbons (Fsp3) is 0.450. The molecule has 3 heterocycles. The highest BCUT2D eigenvalue weighted by Gasteiger charge is 2.23. The lowest BCUT2D eigenvalue weighted by atomic mass is 9.99. The highest BCUT2D eigenvalue weighted by molar-refractivity contribution is 5.80. The molecule has 1 unspecified atom stereocenters. The van der Waals surface area contributed by atoms with Gasteiger partial charge in [0.2, 0.25) is 5.95 Å². The Balaban J connectivity index is 1.56. The SMILES string of the molecule is CCCCC(CC)CNc1ncc2nc3n(c2n1)Cc1ccccc1-3. The van der Waals surface area contributed by atoms with E-state index in [4.69, 9.17) is 9.97 Å². The van der Waals surface area contributed by atoms with Crippen molar-refractivity contribution in [2.75, 3.05) is 11.9 Å². The number of rotatable bonds is 7. The number of nitrogens with one attached hydrogen (secondary N) is 1. The Bertz CT molecular complexity index is 883. The van der Waals surface area contributed by atoms with E-state index in [1.807, 2.05) is 6.20 Å². The van der Waals surface area contributed by atoms with Gasteiger partial charge in [-0.05, 0) is 17.9 Å². The molecule has 5 nitrogen and oxygen atoms in total. The minimum atomic E-state index is 0.680. The van der Waals surface area contributed by atoms with E-state index in [9.17, 15) is 0 Å². The van der Waals surface area contributed by atoms with Crippen molar-refractivity contribution in [1.29, 1.82) is 0 Å². The number of nitrogens with zero attached hydrogens (tertiary/aromatic N) is 4. The summed E-state index contributed by atoms with van der Waals surface area (Å²) in [6.07, 6.45) is 6.83. The first-order valence-electron chi connectivity index (χ1n) is 9.35. The number of anilines is 1. The largest absolute Gasteiger partial charge is 0.354 e. The maximum absolute atomic E-state index is 4.75. The summed E-state index contributed by atoms with van der Waals surface area (Å²) >= 11 is 0. The molecule has 0 aliphatic carbocycles. The standard InChI is InChI=1S/C20H25N5/c1-3-5-8-14(4-2)11-21-20-22-12-17-19(24-20)25-13-15-9-6-7-10-16(15)18(25)23-17/h6-7,9-10,12,14H,3-5,8,11,13H2,1-2H3,(H,21,22,24). The molecule has 1 aliphatic rings. The molecule has 1 aliphatic heterocycles. The van der Waals surface area contributed by atoms with Crippen molar-refractivity contribution in [2.24, 2.45) is 5.92 Å². The van der Waals surface area contributed by atoms with Crippen molar-refractivity contribution in [2.45, 2.75) is 46.1 Å². The van der Waals surface area contributed by atoms with Gasteiger partial charge in [0.05, 0.1) is 12.7 Å². The highest BCUT2D eigenvalue weighted by Crippen LogP contribution is 2.33. The molecule has 25 heavy (non-hydrogen) atoms. The lowest BCUT2D eigenvalue weighted by molar-refractivity contribution is 0.472. The van der Waals surface area contributed by atoms with Gasteiger partial charge < -0.3 is 9.88 Å². The third-order valence-corrected chi connectivity index (χ3v) is 5.17. The van der Waals surface area contributed by atoms with Crippen LogP contribution >= 0.6 is 0 Å². The first-order chi connectivity index (χ1) is 12.3. The first kappa shape index (κ1) is 16.1. The topological polar surface area (TPSA) is 55.6 Å². The van der Waals surface area contributed by atoms with Gasteiger partial charge >= 0.3 is 0 Å². The summed E-state index contributed by atoms with van der Waals surface area (Å²) in [5.41, 5.74) is 4.31. The van der Waals surface area contributed by atoms with Gasteiger partial charge in [-0.1, -0.05) is 57.4 Å². The summed E-state index contributed by atoms with van der Waals surface area (Å²) in [5, 5.41) is 3.44. The summed E-state index contributed by atoms with van der Waals surface area (Å²) in [6.45, 7) is 6.28. The summed E-state index contributed by atoms with van der Waals surface area (Å²) < 4.78 is 2.20. The van der Waals surface area contributed by atoms with Gasteiger partial charge in [0, 0.05) is 12.1 Å². The summed E-state index contributed by atoms with van der Waals surface area (Å²) in [5.74, 6) is 2.40. The van der Waals surface area contributed by atoms with Crippen LogP contribution in [-0.2, 0) is 6.54 Å². The molecule has 130 valence electrons. The predicted octanol–water partition coefficient (Wildman–Crippen LogP) is 4.48. The van der Waals surface area contributed by atoms with Crippen LogP contribution in [0.5, 0.6) is 0 Å². The van der Waals surface area contributed by atoms with Crippen LogP contribution < -0.4 is 5.32 Å². The Morgan fingerprint density at radius 1 is 1.20 bits per heavy atom. The molecule has 1 N–H and O–H groups in total. The van der Waals surface area contributed by atoms with Crippen LogP contribution in [0.3, 0.4) is 0 Å². The number of hydrogen-bond acceptors (Lipinski definition) is 4. The van der Waals surface area contributed by atoms with Gasteiger partial charge in [0.1, 0.15) is 11.3 Å². The fourth-order valence-corrected chi connectivity index (χ4v) is 3.58. The lowest BCUT2D eigenvalue weighted by Gasteiger charge is -2.15. The van der Waals surface area contributed by atoms with Crippen LogP contribution in [0.4, 0.5) is 5.95 Å². The van der Waals surface area contributed by atoms with Crippen LogP contribution in [0.15, 0.2) is 30.5 Å². The van der Waals surface area contributed by atoms with Gasteiger partial charge in [-0.2, -0.15) is 4.98 Å². The third kappa shape index (κ3) is 2.99. The zero-order chi connectivity index (χ0) is 17.2. The molecular formula is C20H25N5. The van der Waals surface area contributed by atoms with Gasteiger partial charge in [0.15, 0.2) is 5.65 Å². The Hall–Kier alpha value is -2.43. The molecule has 0 saturated carbocycles. The number of hydrogen-bond donors (Lipinski definition) is 1. The zero-order valence-corrected chi connectivity index (χ0v) is 15.0. The van der Waals surface area contributed by atoms with E-state index in [0.29, 0.717) is 11.9 Å². The van der Waals surface area contributed by atoms with E-state index in [0.717, 1.165) is 30.1 Å². The molecule has 0 radical (unpaired) electrons. The monoisotopic (exact) mass is 335 g/mol. The second kappa shape index (κ2) is 6.82. The molecule has 1 atom stereocenters. The number of unbranched alkanes of at least 4 members (excludes halogenated alkanes) is 1. The Morgan fingerprint density at radius 2 is 2.08 bits per heavy atom. The number of imidazole rings is 1. The van der Waals surface area contributed by atoms with E-state index >= 15 is 0 Å². The number of aromatic nitrogens is 4. The van der Waals surface area contributed by atoms with Crippen molar-refractivity contribution in [3.05, 3.63) is 36.0 Å². The normalized spacial score (nSPS) is 13.7. The van der Waals surface area contributed by atoms with E-state index in [1.54, 1.807) is 0 Å². The van der Waals surface area contributed by atoms with Crippen molar-refractivity contribution >= 4 is 17.1 Å². The van der Waals surface area contributed by atoms with Crippen LogP contribution in [0.25, 0.3) is 22.6 Å². The quantitative estimate of drug-likeness (QED) is 0.541. The maximum atomic E-state index is 4.75. The molecule has 1 aromatic carbocycles. The van der Waals surface area contributed by atoms with Gasteiger partial charge in [-0.3, -0.25) is 0 Å². The van der Waals surface area contributed by atoms with Crippen molar-refractivity contribution < 1.29 is 0 Å². The van der Waals surface area contributed by atoms with E-state index in [2.05, 4.69) is 53.0 Å². The van der Waals surface area contributed by atoms with E-state index in [1.165, 1.54) is 36.8 Å². The summed E-state index contributed by atoms with van der Waals surface area (Å²) in [7, 11) is 0. The minimum Gasteiger partial charge on any atom is -0.354 e. The molecule has 2 aromatic heterocycles. The molecule has 0 bridgehead atoms. The Kier molecular flexibility index (Phi) is 4.38. The third-order valence-electron chi connectivity index (χ3n) is 5.17. The molecule has 0 amide bonds. The van der Waals surface area contributed by atoms with E-state index < -0.39 is 0 Å². The van der Waals surface area contributed by atoms with Crippen LogP contribution in [0.2, 0.25) is 0 Å².